The SMILES string of the molecule is CCN(CC(=O)O)C(=O)C(C)Oc1cccc(Cl)c1. The van der Waals surface area contributed by atoms with E-state index < -0.39 is 12.1 Å². The van der Waals surface area contributed by atoms with Gasteiger partial charge in [0.05, 0.1) is 0 Å². The van der Waals surface area contributed by atoms with Crippen LogP contribution in [-0.2, 0) is 9.59 Å². The fourth-order valence-corrected chi connectivity index (χ4v) is 1.74. The second kappa shape index (κ2) is 6.99. The van der Waals surface area contributed by atoms with Crippen LogP contribution in [0, 0.1) is 0 Å². The van der Waals surface area contributed by atoms with Gasteiger partial charge in [0.2, 0.25) is 0 Å². The highest BCUT2D eigenvalue weighted by Crippen LogP contribution is 2.18. The molecule has 0 aliphatic carbocycles. The minimum absolute atomic E-state index is 0.314. The largest absolute Gasteiger partial charge is 0.481 e. The lowest BCUT2D eigenvalue weighted by Gasteiger charge is -2.23. The zero-order valence-corrected chi connectivity index (χ0v) is 11.6. The van der Waals surface area contributed by atoms with Crippen LogP contribution >= 0.6 is 11.6 Å². The van der Waals surface area contributed by atoms with Crippen LogP contribution in [0.15, 0.2) is 24.3 Å². The molecule has 104 valence electrons. The Bertz CT molecular complexity index is 464. The third-order valence-corrected chi connectivity index (χ3v) is 2.71. The molecule has 1 aromatic carbocycles. The normalized spacial score (nSPS) is 11.7. The number of carboxylic acids is 1. The van der Waals surface area contributed by atoms with Crippen LogP contribution in [0.2, 0.25) is 5.02 Å². The van der Waals surface area contributed by atoms with Crippen LogP contribution in [0.3, 0.4) is 0 Å². The van der Waals surface area contributed by atoms with Gasteiger partial charge in [0.25, 0.3) is 5.91 Å². The molecule has 0 heterocycles. The van der Waals surface area contributed by atoms with E-state index in [1.807, 2.05) is 0 Å². The number of hydrogen-bond donors (Lipinski definition) is 1. The maximum Gasteiger partial charge on any atom is 0.323 e. The van der Waals surface area contributed by atoms with Crippen molar-refractivity contribution in [2.45, 2.75) is 20.0 Å². The number of halogens is 1. The zero-order valence-electron chi connectivity index (χ0n) is 10.8. The van der Waals surface area contributed by atoms with Gasteiger partial charge in [0.15, 0.2) is 6.10 Å². The summed E-state index contributed by atoms with van der Waals surface area (Å²) >= 11 is 5.81. The molecule has 19 heavy (non-hydrogen) atoms. The summed E-state index contributed by atoms with van der Waals surface area (Å²) in [5, 5.41) is 9.23. The van der Waals surface area contributed by atoms with E-state index in [2.05, 4.69) is 0 Å². The van der Waals surface area contributed by atoms with Gasteiger partial charge in [0, 0.05) is 11.6 Å². The topological polar surface area (TPSA) is 66.8 Å². The number of rotatable bonds is 6. The predicted molar refractivity (Wildman–Crippen MR) is 71.4 cm³/mol. The Balaban J connectivity index is 2.68. The van der Waals surface area contributed by atoms with Crippen molar-refractivity contribution in [1.82, 2.24) is 4.90 Å². The molecule has 0 fully saturated rings. The van der Waals surface area contributed by atoms with E-state index in [0.717, 1.165) is 0 Å². The lowest BCUT2D eigenvalue weighted by atomic mass is 10.3. The van der Waals surface area contributed by atoms with E-state index in [0.29, 0.717) is 17.3 Å². The van der Waals surface area contributed by atoms with Crippen molar-refractivity contribution in [2.75, 3.05) is 13.1 Å². The smallest absolute Gasteiger partial charge is 0.323 e. The first kappa shape index (κ1) is 15.3. The summed E-state index contributed by atoms with van der Waals surface area (Å²) in [6, 6.07) is 6.69. The number of benzene rings is 1. The first-order valence-corrected chi connectivity index (χ1v) is 6.24. The summed E-state index contributed by atoms with van der Waals surface area (Å²) in [7, 11) is 0. The number of carbonyl (C=O) groups is 2. The van der Waals surface area contributed by atoms with Gasteiger partial charge in [-0.2, -0.15) is 0 Å². The highest BCUT2D eigenvalue weighted by Gasteiger charge is 2.22. The molecule has 1 amide bonds. The molecule has 0 aliphatic rings. The molecule has 0 aliphatic heterocycles. The van der Waals surface area contributed by atoms with Crippen molar-refractivity contribution in [3.8, 4) is 5.75 Å². The van der Waals surface area contributed by atoms with Gasteiger partial charge in [-0.1, -0.05) is 17.7 Å². The fraction of sp³-hybridized carbons (Fsp3) is 0.385. The van der Waals surface area contributed by atoms with Gasteiger partial charge in [-0.25, -0.2) is 0 Å². The summed E-state index contributed by atoms with van der Waals surface area (Å²) in [6.07, 6.45) is -0.766. The highest BCUT2D eigenvalue weighted by atomic mass is 35.5. The first-order chi connectivity index (χ1) is 8.93. The van der Waals surface area contributed by atoms with E-state index in [9.17, 15) is 9.59 Å². The highest BCUT2D eigenvalue weighted by molar-refractivity contribution is 6.30. The second-order valence-electron chi connectivity index (χ2n) is 3.96. The molecule has 1 aromatic rings. The van der Waals surface area contributed by atoms with Crippen molar-refractivity contribution in [3.05, 3.63) is 29.3 Å². The van der Waals surface area contributed by atoms with Crippen LogP contribution in [-0.4, -0.2) is 41.1 Å². The predicted octanol–water partition coefficient (Wildman–Crippen LogP) is 2.04. The van der Waals surface area contributed by atoms with Crippen LogP contribution in [0.1, 0.15) is 13.8 Å². The average molecular weight is 286 g/mol. The Morgan fingerprint density at radius 1 is 1.47 bits per heavy atom. The number of carbonyl (C=O) groups excluding carboxylic acids is 1. The summed E-state index contributed by atoms with van der Waals surface area (Å²) in [6.45, 7) is 3.27. The Kier molecular flexibility index (Phi) is 5.63. The Morgan fingerprint density at radius 3 is 2.68 bits per heavy atom. The molecule has 1 rings (SSSR count). The van der Waals surface area contributed by atoms with Crippen LogP contribution in [0.5, 0.6) is 5.75 Å². The standard InChI is InChI=1S/C13H16ClNO4/c1-3-15(8-12(16)17)13(18)9(2)19-11-6-4-5-10(14)7-11/h4-7,9H,3,8H2,1-2H3,(H,16,17). The van der Waals surface area contributed by atoms with Crippen LogP contribution in [0.4, 0.5) is 0 Å². The van der Waals surface area contributed by atoms with Crippen molar-refractivity contribution in [1.29, 1.82) is 0 Å². The van der Waals surface area contributed by atoms with Gasteiger partial charge in [-0.3, -0.25) is 9.59 Å². The average Bonchev–Trinajstić information content (AvgIpc) is 2.34. The first-order valence-electron chi connectivity index (χ1n) is 5.86. The third-order valence-electron chi connectivity index (χ3n) is 2.48. The number of ether oxygens (including phenoxy) is 1. The Hall–Kier alpha value is -1.75. The zero-order chi connectivity index (χ0) is 14.4. The summed E-state index contributed by atoms with van der Waals surface area (Å²) < 4.78 is 5.45. The second-order valence-corrected chi connectivity index (χ2v) is 4.40. The molecule has 0 bridgehead atoms. The molecular formula is C13H16ClNO4. The van der Waals surface area contributed by atoms with Crippen molar-refractivity contribution >= 4 is 23.5 Å². The van der Waals surface area contributed by atoms with Gasteiger partial charge < -0.3 is 14.7 Å². The molecule has 0 saturated carbocycles. The van der Waals surface area contributed by atoms with Gasteiger partial charge in [0.1, 0.15) is 12.3 Å². The molecule has 0 radical (unpaired) electrons. The lowest BCUT2D eigenvalue weighted by molar-refractivity contribution is -0.147. The molecular weight excluding hydrogens is 270 g/mol. The number of nitrogens with zero attached hydrogens (tertiary/aromatic N) is 1. The monoisotopic (exact) mass is 285 g/mol. The van der Waals surface area contributed by atoms with E-state index >= 15 is 0 Å². The minimum Gasteiger partial charge on any atom is -0.481 e. The Labute approximate surface area is 116 Å². The quantitative estimate of drug-likeness (QED) is 0.868. The maximum absolute atomic E-state index is 12.0. The molecule has 6 heteroatoms. The fourth-order valence-electron chi connectivity index (χ4n) is 1.56. The van der Waals surface area contributed by atoms with E-state index in [1.54, 1.807) is 38.1 Å². The Morgan fingerprint density at radius 2 is 2.16 bits per heavy atom. The molecule has 1 unspecified atom stereocenters. The van der Waals surface area contributed by atoms with Gasteiger partial charge in [-0.05, 0) is 32.0 Å². The molecule has 5 nitrogen and oxygen atoms in total. The van der Waals surface area contributed by atoms with Crippen molar-refractivity contribution in [2.24, 2.45) is 0 Å². The summed E-state index contributed by atoms with van der Waals surface area (Å²) in [5.41, 5.74) is 0. The minimum atomic E-state index is -1.05. The van der Waals surface area contributed by atoms with E-state index in [4.69, 9.17) is 21.4 Å². The van der Waals surface area contributed by atoms with Crippen molar-refractivity contribution < 1.29 is 19.4 Å². The molecule has 0 aromatic heterocycles. The van der Waals surface area contributed by atoms with E-state index in [-0.39, 0.29) is 12.5 Å². The van der Waals surface area contributed by atoms with Crippen LogP contribution < -0.4 is 4.74 Å². The number of aliphatic carboxylic acids is 1. The summed E-state index contributed by atoms with van der Waals surface area (Å²) in [4.78, 5) is 23.9. The number of carboxylic acid groups (broad SMARTS) is 1. The number of likely N-dealkylation sites (N-methyl/N-ethyl adjacent to an activating group) is 1. The van der Waals surface area contributed by atoms with Gasteiger partial charge >= 0.3 is 5.97 Å². The molecule has 0 saturated heterocycles. The summed E-state index contributed by atoms with van der Waals surface area (Å²) in [5.74, 6) is -0.949. The molecule has 1 N–H and O–H groups in total. The van der Waals surface area contributed by atoms with Crippen molar-refractivity contribution in [3.63, 3.8) is 0 Å². The number of amides is 1. The molecule has 0 spiro atoms. The lowest BCUT2D eigenvalue weighted by Crippen LogP contribution is -2.43. The third kappa shape index (κ3) is 4.79. The van der Waals surface area contributed by atoms with Gasteiger partial charge in [-0.15, -0.1) is 0 Å². The molecule has 1 atom stereocenters. The van der Waals surface area contributed by atoms with E-state index in [1.165, 1.54) is 4.90 Å². The number of hydrogen-bond acceptors (Lipinski definition) is 3. The maximum atomic E-state index is 12.0. The van der Waals surface area contributed by atoms with Crippen LogP contribution in [0.25, 0.3) is 0 Å².